The summed E-state index contributed by atoms with van der Waals surface area (Å²) in [6.45, 7) is 1.84. The monoisotopic (exact) mass is 273 g/mol. The summed E-state index contributed by atoms with van der Waals surface area (Å²) in [4.78, 5) is 10.4. The largest absolute Gasteiger partial charge is 0.492 e. The van der Waals surface area contributed by atoms with Gasteiger partial charge in [-0.25, -0.2) is 9.97 Å². The molecule has 0 radical (unpaired) electrons. The number of benzene rings is 1. The van der Waals surface area contributed by atoms with E-state index in [1.54, 1.807) is 13.4 Å². The van der Waals surface area contributed by atoms with Crippen LogP contribution in [0, 0.1) is 0 Å². The molecule has 0 fully saturated rings. The van der Waals surface area contributed by atoms with Gasteiger partial charge in [-0.1, -0.05) is 18.2 Å². The highest BCUT2D eigenvalue weighted by molar-refractivity contribution is 5.37. The summed E-state index contributed by atoms with van der Waals surface area (Å²) >= 11 is 0. The minimum Gasteiger partial charge on any atom is -0.492 e. The van der Waals surface area contributed by atoms with Gasteiger partial charge in [-0.2, -0.15) is 0 Å². The molecule has 106 valence electrons. The summed E-state index contributed by atoms with van der Waals surface area (Å²) in [5, 5.41) is 0. The molecule has 2 aromatic rings. The van der Waals surface area contributed by atoms with Crippen molar-refractivity contribution < 1.29 is 9.47 Å². The lowest BCUT2D eigenvalue weighted by Gasteiger charge is -2.18. The van der Waals surface area contributed by atoms with E-state index in [0.29, 0.717) is 13.2 Å². The van der Waals surface area contributed by atoms with Crippen molar-refractivity contribution in [3.8, 4) is 5.75 Å². The highest BCUT2D eigenvalue weighted by Crippen LogP contribution is 2.11. The van der Waals surface area contributed by atoms with Crippen LogP contribution in [0.25, 0.3) is 0 Å². The molecule has 0 N–H and O–H groups in total. The van der Waals surface area contributed by atoms with Crippen molar-refractivity contribution in [2.75, 3.05) is 32.2 Å². The Morgan fingerprint density at radius 1 is 1.15 bits per heavy atom. The molecule has 1 heterocycles. The molecular weight excluding hydrogens is 254 g/mol. The lowest BCUT2D eigenvalue weighted by molar-refractivity contribution is 0.181. The van der Waals surface area contributed by atoms with Crippen molar-refractivity contribution in [1.29, 1.82) is 0 Å². The van der Waals surface area contributed by atoms with Crippen LogP contribution in [0.4, 0.5) is 5.82 Å². The van der Waals surface area contributed by atoms with Gasteiger partial charge in [0.2, 0.25) is 0 Å². The Kier molecular flexibility index (Phi) is 5.32. The van der Waals surface area contributed by atoms with Gasteiger partial charge in [0.25, 0.3) is 0 Å². The first-order chi connectivity index (χ1) is 9.79. The Hall–Kier alpha value is -2.14. The molecule has 0 unspecified atom stereocenters. The number of hydrogen-bond acceptors (Lipinski definition) is 5. The molecule has 1 aromatic carbocycles. The van der Waals surface area contributed by atoms with Crippen LogP contribution in [0.1, 0.15) is 5.69 Å². The standard InChI is InChI=1S/C15H19N3O2/c1-18(8-9-20-14-6-4-3-5-7-14)15-10-13(11-19-2)16-12-17-15/h3-7,10,12H,8-9,11H2,1-2H3. The lowest BCUT2D eigenvalue weighted by atomic mass is 10.3. The van der Waals surface area contributed by atoms with E-state index >= 15 is 0 Å². The molecule has 0 aliphatic rings. The predicted molar refractivity (Wildman–Crippen MR) is 78.0 cm³/mol. The zero-order valence-electron chi connectivity index (χ0n) is 11.8. The molecule has 20 heavy (non-hydrogen) atoms. The van der Waals surface area contributed by atoms with Crippen molar-refractivity contribution in [3.05, 3.63) is 48.4 Å². The third-order valence-corrected chi connectivity index (χ3v) is 2.83. The average molecular weight is 273 g/mol. The normalized spacial score (nSPS) is 10.3. The Bertz CT molecular complexity index is 520. The van der Waals surface area contributed by atoms with Crippen LogP contribution < -0.4 is 9.64 Å². The van der Waals surface area contributed by atoms with Crippen LogP contribution in [-0.4, -0.2) is 37.3 Å². The maximum Gasteiger partial charge on any atom is 0.132 e. The summed E-state index contributed by atoms with van der Waals surface area (Å²) in [6, 6.07) is 11.7. The summed E-state index contributed by atoms with van der Waals surface area (Å²) < 4.78 is 10.7. The Labute approximate surface area is 119 Å². The smallest absolute Gasteiger partial charge is 0.132 e. The van der Waals surface area contributed by atoms with Crippen LogP contribution in [0.2, 0.25) is 0 Å². The molecule has 0 amide bonds. The van der Waals surface area contributed by atoms with Crippen LogP contribution in [-0.2, 0) is 11.3 Å². The van der Waals surface area contributed by atoms with Gasteiger partial charge in [-0.3, -0.25) is 0 Å². The molecular formula is C15H19N3O2. The first kappa shape index (κ1) is 14.3. The van der Waals surface area contributed by atoms with E-state index in [-0.39, 0.29) is 0 Å². The first-order valence-electron chi connectivity index (χ1n) is 6.48. The van der Waals surface area contributed by atoms with Crippen molar-refractivity contribution in [2.45, 2.75) is 6.61 Å². The SMILES string of the molecule is COCc1cc(N(C)CCOc2ccccc2)ncn1. The molecule has 0 aliphatic carbocycles. The number of anilines is 1. The highest BCUT2D eigenvalue weighted by Gasteiger charge is 2.04. The topological polar surface area (TPSA) is 47.5 Å². The molecule has 0 aliphatic heterocycles. The van der Waals surface area contributed by atoms with Gasteiger partial charge in [-0.05, 0) is 12.1 Å². The minimum atomic E-state index is 0.490. The molecule has 0 spiro atoms. The predicted octanol–water partition coefficient (Wildman–Crippen LogP) is 2.14. The third-order valence-electron chi connectivity index (χ3n) is 2.83. The lowest BCUT2D eigenvalue weighted by Crippen LogP contribution is -2.24. The van der Waals surface area contributed by atoms with E-state index in [1.807, 2.05) is 48.3 Å². The Morgan fingerprint density at radius 3 is 2.70 bits per heavy atom. The van der Waals surface area contributed by atoms with Gasteiger partial charge < -0.3 is 14.4 Å². The summed E-state index contributed by atoms with van der Waals surface area (Å²) in [5.41, 5.74) is 0.869. The van der Waals surface area contributed by atoms with Gasteiger partial charge in [-0.15, -0.1) is 0 Å². The zero-order chi connectivity index (χ0) is 14.2. The molecule has 0 saturated carbocycles. The maximum absolute atomic E-state index is 5.67. The Balaban J connectivity index is 1.85. The fourth-order valence-electron chi connectivity index (χ4n) is 1.75. The second-order valence-corrected chi connectivity index (χ2v) is 4.38. The number of hydrogen-bond donors (Lipinski definition) is 0. The van der Waals surface area contributed by atoms with Crippen LogP contribution in [0.5, 0.6) is 5.75 Å². The van der Waals surface area contributed by atoms with Crippen molar-refractivity contribution in [3.63, 3.8) is 0 Å². The third kappa shape index (κ3) is 4.20. The first-order valence-corrected chi connectivity index (χ1v) is 6.48. The van der Waals surface area contributed by atoms with Crippen molar-refractivity contribution in [1.82, 2.24) is 9.97 Å². The van der Waals surface area contributed by atoms with E-state index < -0.39 is 0 Å². The number of rotatable bonds is 7. The fraction of sp³-hybridized carbons (Fsp3) is 0.333. The molecule has 0 atom stereocenters. The van der Waals surface area contributed by atoms with Gasteiger partial charge in [0.1, 0.15) is 24.5 Å². The van der Waals surface area contributed by atoms with Gasteiger partial charge >= 0.3 is 0 Å². The van der Waals surface area contributed by atoms with Crippen LogP contribution in [0.3, 0.4) is 0 Å². The summed E-state index contributed by atoms with van der Waals surface area (Å²) in [7, 11) is 3.63. The fourth-order valence-corrected chi connectivity index (χ4v) is 1.75. The zero-order valence-corrected chi connectivity index (χ0v) is 11.8. The summed E-state index contributed by atoms with van der Waals surface area (Å²) in [5.74, 6) is 1.74. The van der Waals surface area contributed by atoms with Gasteiger partial charge in [0, 0.05) is 20.2 Å². The molecule has 0 bridgehead atoms. The van der Waals surface area contributed by atoms with Crippen molar-refractivity contribution >= 4 is 5.82 Å². The highest BCUT2D eigenvalue weighted by atomic mass is 16.5. The number of para-hydroxylation sites is 1. The Morgan fingerprint density at radius 2 is 1.95 bits per heavy atom. The number of ether oxygens (including phenoxy) is 2. The van der Waals surface area contributed by atoms with Gasteiger partial charge in [0.05, 0.1) is 18.8 Å². The van der Waals surface area contributed by atoms with Crippen LogP contribution in [0.15, 0.2) is 42.7 Å². The number of nitrogens with zero attached hydrogens (tertiary/aromatic N) is 3. The van der Waals surface area contributed by atoms with Crippen LogP contribution >= 0.6 is 0 Å². The number of methoxy groups -OCH3 is 1. The molecule has 5 heteroatoms. The molecule has 2 rings (SSSR count). The van der Waals surface area contributed by atoms with E-state index in [1.165, 1.54) is 0 Å². The molecule has 0 saturated heterocycles. The van der Waals surface area contributed by atoms with E-state index in [0.717, 1.165) is 23.8 Å². The average Bonchev–Trinajstić information content (AvgIpc) is 2.49. The number of aromatic nitrogens is 2. The van der Waals surface area contributed by atoms with E-state index in [4.69, 9.17) is 9.47 Å². The summed E-state index contributed by atoms with van der Waals surface area (Å²) in [6.07, 6.45) is 1.55. The molecule has 1 aromatic heterocycles. The minimum absolute atomic E-state index is 0.490. The maximum atomic E-state index is 5.67. The molecule has 5 nitrogen and oxygen atoms in total. The number of likely N-dealkylation sites (N-methyl/N-ethyl adjacent to an activating group) is 1. The van der Waals surface area contributed by atoms with Gasteiger partial charge in [0.15, 0.2) is 0 Å². The van der Waals surface area contributed by atoms with E-state index in [9.17, 15) is 0 Å². The second kappa shape index (κ2) is 7.45. The van der Waals surface area contributed by atoms with Crippen molar-refractivity contribution in [2.24, 2.45) is 0 Å². The van der Waals surface area contributed by atoms with E-state index in [2.05, 4.69) is 9.97 Å². The quantitative estimate of drug-likeness (QED) is 0.773. The second-order valence-electron chi connectivity index (χ2n) is 4.38.